The molecule has 0 unspecified atom stereocenters. The van der Waals surface area contributed by atoms with Crippen LogP contribution >= 0.6 is 47.8 Å². The van der Waals surface area contributed by atoms with Gasteiger partial charge in [0.25, 0.3) is 5.91 Å². The molecule has 1 N–H and O–H groups in total. The van der Waals surface area contributed by atoms with Gasteiger partial charge in [0.15, 0.2) is 0 Å². The fourth-order valence-corrected chi connectivity index (χ4v) is 5.76. The van der Waals surface area contributed by atoms with E-state index in [1.165, 1.54) is 0 Å². The second kappa shape index (κ2) is 6.81. The zero-order valence-corrected chi connectivity index (χ0v) is 17.8. The number of amides is 1. The molecular weight excluding hydrogens is 478 g/mol. The van der Waals surface area contributed by atoms with Gasteiger partial charge in [0.1, 0.15) is 5.75 Å². The van der Waals surface area contributed by atoms with Crippen LogP contribution in [0.15, 0.2) is 13.4 Å². The van der Waals surface area contributed by atoms with Gasteiger partial charge in [0, 0.05) is 16.6 Å². The minimum absolute atomic E-state index is 0.0755. The molecule has 0 bridgehead atoms. The van der Waals surface area contributed by atoms with E-state index in [9.17, 15) is 9.90 Å². The van der Waals surface area contributed by atoms with Crippen molar-refractivity contribution in [1.29, 1.82) is 0 Å². The standard InChI is InChI=1S/C16H20Br3NO2/c1-7(2)20(8(3)4)16(22)11-12(17)10(9-5-6-9)13(18)15(21)14(11)19/h7-9,21H,5-6H2,1-4H3. The van der Waals surface area contributed by atoms with E-state index in [-0.39, 0.29) is 23.7 Å². The molecule has 1 amide bonds. The Hall–Kier alpha value is -0.0700. The number of hydrogen-bond donors (Lipinski definition) is 1. The highest BCUT2D eigenvalue weighted by Crippen LogP contribution is 2.52. The number of halogens is 3. The van der Waals surface area contributed by atoms with E-state index in [1.807, 2.05) is 32.6 Å². The van der Waals surface area contributed by atoms with Crippen LogP contribution < -0.4 is 0 Å². The Labute approximate surface area is 156 Å². The molecule has 2 rings (SSSR count). The molecule has 0 aromatic heterocycles. The first-order valence-corrected chi connectivity index (χ1v) is 9.78. The second-order valence-corrected chi connectivity index (χ2v) is 8.63. The van der Waals surface area contributed by atoms with Crippen LogP contribution in [0.5, 0.6) is 5.75 Å². The topological polar surface area (TPSA) is 40.5 Å². The molecule has 0 saturated heterocycles. The predicted octanol–water partition coefficient (Wildman–Crippen LogP) is 5.82. The number of carbonyl (C=O) groups is 1. The summed E-state index contributed by atoms with van der Waals surface area (Å²) in [5.74, 6) is 0.426. The van der Waals surface area contributed by atoms with Gasteiger partial charge in [-0.05, 0) is 99.8 Å². The maximum absolute atomic E-state index is 13.1. The average Bonchev–Trinajstić information content (AvgIpc) is 3.20. The Bertz CT molecular complexity index is 602. The number of phenolic OH excluding ortho intramolecular Hbond substituents is 1. The fraction of sp³-hybridized carbons (Fsp3) is 0.562. The molecular formula is C16H20Br3NO2. The maximum Gasteiger partial charge on any atom is 0.256 e. The zero-order chi connectivity index (χ0) is 16.8. The summed E-state index contributed by atoms with van der Waals surface area (Å²) in [7, 11) is 0. The van der Waals surface area contributed by atoms with Gasteiger partial charge in [0.05, 0.1) is 14.5 Å². The van der Waals surface area contributed by atoms with Crippen molar-refractivity contribution in [1.82, 2.24) is 4.90 Å². The molecule has 1 aliphatic rings. The Morgan fingerprint density at radius 3 is 1.95 bits per heavy atom. The second-order valence-electron chi connectivity index (χ2n) is 6.25. The van der Waals surface area contributed by atoms with Crippen molar-refractivity contribution in [2.75, 3.05) is 0 Å². The van der Waals surface area contributed by atoms with Gasteiger partial charge in [0.2, 0.25) is 0 Å². The lowest BCUT2D eigenvalue weighted by Gasteiger charge is -2.32. The van der Waals surface area contributed by atoms with E-state index in [0.717, 1.165) is 22.9 Å². The van der Waals surface area contributed by atoms with Gasteiger partial charge in [-0.15, -0.1) is 0 Å². The van der Waals surface area contributed by atoms with Crippen molar-refractivity contribution in [2.45, 2.75) is 58.5 Å². The fourth-order valence-electron chi connectivity index (χ4n) is 2.78. The number of aromatic hydroxyl groups is 1. The highest BCUT2D eigenvalue weighted by molar-refractivity contribution is 9.11. The third-order valence-corrected chi connectivity index (χ3v) is 6.27. The van der Waals surface area contributed by atoms with Gasteiger partial charge < -0.3 is 10.0 Å². The van der Waals surface area contributed by atoms with E-state index >= 15 is 0 Å². The molecule has 0 heterocycles. The Morgan fingerprint density at radius 1 is 1.05 bits per heavy atom. The number of carbonyl (C=O) groups excluding carboxylic acids is 1. The predicted molar refractivity (Wildman–Crippen MR) is 99.6 cm³/mol. The number of nitrogens with zero attached hydrogens (tertiary/aromatic N) is 1. The van der Waals surface area contributed by atoms with Crippen LogP contribution in [0.2, 0.25) is 0 Å². The van der Waals surface area contributed by atoms with Gasteiger partial charge >= 0.3 is 0 Å². The highest BCUT2D eigenvalue weighted by Gasteiger charge is 2.35. The van der Waals surface area contributed by atoms with Crippen LogP contribution in [0.25, 0.3) is 0 Å². The Kier molecular flexibility index (Phi) is 5.66. The smallest absolute Gasteiger partial charge is 0.256 e. The van der Waals surface area contributed by atoms with Gasteiger partial charge in [-0.2, -0.15) is 0 Å². The van der Waals surface area contributed by atoms with Crippen LogP contribution in [-0.2, 0) is 0 Å². The lowest BCUT2D eigenvalue weighted by Crippen LogP contribution is -2.42. The minimum Gasteiger partial charge on any atom is -0.506 e. The molecule has 1 aliphatic carbocycles. The molecule has 22 heavy (non-hydrogen) atoms. The third-order valence-electron chi connectivity index (χ3n) is 3.87. The van der Waals surface area contributed by atoms with E-state index < -0.39 is 0 Å². The SMILES string of the molecule is CC(C)N(C(=O)c1c(Br)c(O)c(Br)c(C2CC2)c1Br)C(C)C. The van der Waals surface area contributed by atoms with Crippen molar-refractivity contribution >= 4 is 53.7 Å². The first-order chi connectivity index (χ1) is 10.2. The minimum atomic E-state index is -0.0755. The molecule has 122 valence electrons. The van der Waals surface area contributed by atoms with Crippen molar-refractivity contribution in [3.63, 3.8) is 0 Å². The lowest BCUT2D eigenvalue weighted by atomic mass is 10.0. The van der Waals surface area contributed by atoms with E-state index in [1.54, 1.807) is 0 Å². The molecule has 0 radical (unpaired) electrons. The van der Waals surface area contributed by atoms with Crippen LogP contribution in [0.1, 0.15) is 62.4 Å². The normalized spacial score (nSPS) is 14.8. The molecule has 1 aromatic rings. The number of benzene rings is 1. The Morgan fingerprint density at radius 2 is 1.55 bits per heavy atom. The summed E-state index contributed by atoms with van der Waals surface area (Å²) in [5, 5.41) is 10.4. The third kappa shape index (κ3) is 3.24. The van der Waals surface area contributed by atoms with Crippen LogP contribution in [0.4, 0.5) is 0 Å². The molecule has 3 nitrogen and oxygen atoms in total. The van der Waals surface area contributed by atoms with Crippen LogP contribution in [-0.4, -0.2) is 28.0 Å². The average molecular weight is 498 g/mol. The van der Waals surface area contributed by atoms with E-state index in [4.69, 9.17) is 0 Å². The zero-order valence-electron chi connectivity index (χ0n) is 13.1. The summed E-state index contributed by atoms with van der Waals surface area (Å²) in [6.45, 7) is 8.00. The summed E-state index contributed by atoms with van der Waals surface area (Å²) in [6.07, 6.45) is 2.17. The van der Waals surface area contributed by atoms with Crippen LogP contribution in [0.3, 0.4) is 0 Å². The molecule has 0 spiro atoms. The highest BCUT2D eigenvalue weighted by atomic mass is 79.9. The van der Waals surface area contributed by atoms with Crippen LogP contribution in [0, 0.1) is 0 Å². The van der Waals surface area contributed by atoms with E-state index in [2.05, 4.69) is 47.8 Å². The number of phenols is 1. The first kappa shape index (κ1) is 18.3. The molecule has 1 saturated carbocycles. The summed E-state index contributed by atoms with van der Waals surface area (Å²) >= 11 is 10.5. The largest absolute Gasteiger partial charge is 0.506 e. The number of rotatable bonds is 4. The lowest BCUT2D eigenvalue weighted by molar-refractivity contribution is 0.0641. The molecule has 1 aromatic carbocycles. The molecule has 0 atom stereocenters. The summed E-state index contributed by atoms with van der Waals surface area (Å²) < 4.78 is 1.89. The number of hydrogen-bond acceptors (Lipinski definition) is 2. The van der Waals surface area contributed by atoms with Gasteiger partial charge in [-0.25, -0.2) is 0 Å². The Balaban J connectivity index is 2.62. The van der Waals surface area contributed by atoms with Crippen molar-refractivity contribution in [2.24, 2.45) is 0 Å². The van der Waals surface area contributed by atoms with Gasteiger partial charge in [-0.1, -0.05) is 0 Å². The van der Waals surface area contributed by atoms with Crippen molar-refractivity contribution in [3.05, 3.63) is 24.5 Å². The van der Waals surface area contributed by atoms with Crippen molar-refractivity contribution < 1.29 is 9.90 Å². The van der Waals surface area contributed by atoms with Crippen molar-refractivity contribution in [3.8, 4) is 5.75 Å². The quantitative estimate of drug-likeness (QED) is 0.569. The summed E-state index contributed by atoms with van der Waals surface area (Å²) in [5.41, 5.74) is 1.50. The maximum atomic E-state index is 13.1. The summed E-state index contributed by atoms with van der Waals surface area (Å²) in [6, 6.07) is 0.169. The molecule has 0 aliphatic heterocycles. The molecule has 1 fully saturated rings. The van der Waals surface area contributed by atoms with E-state index in [0.29, 0.717) is 20.4 Å². The summed E-state index contributed by atoms with van der Waals surface area (Å²) in [4.78, 5) is 14.9. The monoisotopic (exact) mass is 495 g/mol. The first-order valence-electron chi connectivity index (χ1n) is 7.40. The van der Waals surface area contributed by atoms with Gasteiger partial charge in [-0.3, -0.25) is 4.79 Å². The molecule has 6 heteroatoms.